The number of aromatic nitrogens is 2. The summed E-state index contributed by atoms with van der Waals surface area (Å²) in [6.07, 6.45) is 4.03. The number of halogens is 1. The molecule has 1 aliphatic rings. The molecule has 0 amide bonds. The molecule has 0 aliphatic heterocycles. The van der Waals surface area contributed by atoms with Gasteiger partial charge in [-0.05, 0) is 43.4 Å². The van der Waals surface area contributed by atoms with Gasteiger partial charge in [0.15, 0.2) is 5.69 Å². The maximum absolute atomic E-state index is 11.6. The van der Waals surface area contributed by atoms with E-state index >= 15 is 0 Å². The normalized spacial score (nSPS) is 15.0. The Kier molecular flexibility index (Phi) is 2.74. The van der Waals surface area contributed by atoms with Crippen LogP contribution in [0.15, 0.2) is 18.3 Å². The van der Waals surface area contributed by atoms with Crippen molar-refractivity contribution in [2.75, 3.05) is 6.61 Å². The Labute approximate surface area is 110 Å². The monoisotopic (exact) mass is 264 g/mol. The van der Waals surface area contributed by atoms with Gasteiger partial charge in [-0.3, -0.25) is 4.40 Å². The van der Waals surface area contributed by atoms with Crippen molar-refractivity contribution < 1.29 is 9.53 Å². The van der Waals surface area contributed by atoms with Crippen molar-refractivity contribution in [2.24, 2.45) is 0 Å². The van der Waals surface area contributed by atoms with Gasteiger partial charge in [0.2, 0.25) is 0 Å². The highest BCUT2D eigenvalue weighted by Gasteiger charge is 2.25. The van der Waals surface area contributed by atoms with E-state index in [0.29, 0.717) is 29.0 Å². The lowest BCUT2D eigenvalue weighted by molar-refractivity contribution is 0.0520. The van der Waals surface area contributed by atoms with Crippen molar-refractivity contribution in [2.45, 2.75) is 25.7 Å². The van der Waals surface area contributed by atoms with Crippen LogP contribution in [0.25, 0.3) is 5.65 Å². The Morgan fingerprint density at radius 3 is 3.00 bits per heavy atom. The molecular formula is C13H13ClN2O2. The third kappa shape index (κ3) is 1.97. The minimum Gasteiger partial charge on any atom is -0.461 e. The number of nitrogens with zero attached hydrogens (tertiary/aromatic N) is 2. The minimum absolute atomic E-state index is 0.298. The molecule has 0 atom stereocenters. The van der Waals surface area contributed by atoms with Crippen LogP contribution < -0.4 is 0 Å². The van der Waals surface area contributed by atoms with Crippen LogP contribution in [-0.4, -0.2) is 22.0 Å². The quantitative estimate of drug-likeness (QED) is 0.632. The molecule has 0 unspecified atom stereocenters. The SMILES string of the molecule is CCOC(=O)c1cn2c(Cl)cc(C3CC3)cc2n1. The molecule has 0 aromatic carbocycles. The van der Waals surface area contributed by atoms with E-state index in [1.807, 2.05) is 12.1 Å². The first-order chi connectivity index (χ1) is 8.69. The zero-order valence-corrected chi connectivity index (χ0v) is 10.8. The van der Waals surface area contributed by atoms with Gasteiger partial charge in [0.25, 0.3) is 0 Å². The molecule has 3 rings (SSSR count). The Balaban J connectivity index is 2.05. The maximum atomic E-state index is 11.6. The third-order valence-corrected chi connectivity index (χ3v) is 3.37. The average Bonchev–Trinajstić information content (AvgIpc) is 3.09. The molecule has 2 aromatic heterocycles. The highest BCUT2D eigenvalue weighted by molar-refractivity contribution is 6.29. The van der Waals surface area contributed by atoms with Gasteiger partial charge >= 0.3 is 5.97 Å². The largest absolute Gasteiger partial charge is 0.461 e. The fourth-order valence-corrected chi connectivity index (χ4v) is 2.28. The Bertz CT molecular complexity index is 617. The lowest BCUT2D eigenvalue weighted by Gasteiger charge is -2.01. The summed E-state index contributed by atoms with van der Waals surface area (Å²) in [6.45, 7) is 2.11. The van der Waals surface area contributed by atoms with Gasteiger partial charge in [-0.2, -0.15) is 0 Å². The number of hydrogen-bond donors (Lipinski definition) is 0. The zero-order valence-electron chi connectivity index (χ0n) is 10.0. The maximum Gasteiger partial charge on any atom is 0.358 e. The molecular weight excluding hydrogens is 252 g/mol. The second kappa shape index (κ2) is 4.28. The standard InChI is InChI=1S/C13H13ClN2O2/c1-2-18-13(17)10-7-16-11(14)5-9(8-3-4-8)6-12(16)15-10/h5-8H,2-4H2,1H3. The van der Waals surface area contributed by atoms with E-state index in [0.717, 1.165) is 0 Å². The lowest BCUT2D eigenvalue weighted by Crippen LogP contribution is -2.04. The lowest BCUT2D eigenvalue weighted by atomic mass is 10.2. The Morgan fingerprint density at radius 2 is 2.33 bits per heavy atom. The summed E-state index contributed by atoms with van der Waals surface area (Å²) < 4.78 is 6.64. The van der Waals surface area contributed by atoms with Gasteiger partial charge in [-0.25, -0.2) is 9.78 Å². The summed E-state index contributed by atoms with van der Waals surface area (Å²) in [6, 6.07) is 3.94. The molecule has 0 radical (unpaired) electrons. The van der Waals surface area contributed by atoms with Crippen molar-refractivity contribution in [3.8, 4) is 0 Å². The third-order valence-electron chi connectivity index (χ3n) is 3.08. The predicted octanol–water partition coefficient (Wildman–Crippen LogP) is 3.04. The molecule has 0 bridgehead atoms. The topological polar surface area (TPSA) is 43.6 Å². The van der Waals surface area contributed by atoms with Crippen LogP contribution in [0.4, 0.5) is 0 Å². The van der Waals surface area contributed by atoms with Gasteiger partial charge in [0, 0.05) is 6.20 Å². The minimum atomic E-state index is -0.412. The molecule has 18 heavy (non-hydrogen) atoms. The van der Waals surface area contributed by atoms with Crippen molar-refractivity contribution in [3.63, 3.8) is 0 Å². The van der Waals surface area contributed by atoms with E-state index < -0.39 is 5.97 Å². The molecule has 2 heterocycles. The predicted molar refractivity (Wildman–Crippen MR) is 68.1 cm³/mol. The van der Waals surface area contributed by atoms with Gasteiger partial charge in [-0.15, -0.1) is 0 Å². The van der Waals surface area contributed by atoms with E-state index in [-0.39, 0.29) is 0 Å². The number of rotatable bonds is 3. The van der Waals surface area contributed by atoms with E-state index in [1.54, 1.807) is 17.5 Å². The van der Waals surface area contributed by atoms with Gasteiger partial charge in [0.05, 0.1) is 6.61 Å². The molecule has 0 spiro atoms. The fourth-order valence-electron chi connectivity index (χ4n) is 2.02. The van der Waals surface area contributed by atoms with Crippen LogP contribution in [0.1, 0.15) is 41.7 Å². The number of fused-ring (bicyclic) bond motifs is 1. The summed E-state index contributed by atoms with van der Waals surface area (Å²) in [7, 11) is 0. The van der Waals surface area contributed by atoms with E-state index in [1.165, 1.54) is 18.4 Å². The summed E-state index contributed by atoms with van der Waals surface area (Å²) in [5, 5.41) is 0.581. The van der Waals surface area contributed by atoms with Crippen molar-refractivity contribution in [1.29, 1.82) is 0 Å². The molecule has 1 aliphatic carbocycles. The molecule has 0 N–H and O–H groups in total. The van der Waals surface area contributed by atoms with Gasteiger partial charge in [-0.1, -0.05) is 11.6 Å². The highest BCUT2D eigenvalue weighted by atomic mass is 35.5. The molecule has 4 nitrogen and oxygen atoms in total. The molecule has 94 valence electrons. The molecule has 0 saturated heterocycles. The van der Waals surface area contributed by atoms with Gasteiger partial charge < -0.3 is 4.74 Å². The number of hydrogen-bond acceptors (Lipinski definition) is 3. The second-order valence-corrected chi connectivity index (χ2v) is 4.85. The molecule has 1 saturated carbocycles. The van der Waals surface area contributed by atoms with Crippen molar-refractivity contribution in [3.05, 3.63) is 34.7 Å². The fraction of sp³-hybridized carbons (Fsp3) is 0.385. The van der Waals surface area contributed by atoms with E-state index in [2.05, 4.69) is 4.98 Å². The smallest absolute Gasteiger partial charge is 0.358 e. The molecule has 2 aromatic rings. The van der Waals surface area contributed by atoms with Crippen LogP contribution in [0, 0.1) is 0 Å². The van der Waals surface area contributed by atoms with Crippen molar-refractivity contribution >= 4 is 23.2 Å². The summed E-state index contributed by atoms with van der Waals surface area (Å²) >= 11 is 6.20. The average molecular weight is 265 g/mol. The van der Waals surface area contributed by atoms with Crippen LogP contribution in [0.5, 0.6) is 0 Å². The summed E-state index contributed by atoms with van der Waals surface area (Å²) in [5.41, 5.74) is 2.20. The van der Waals surface area contributed by atoms with Crippen LogP contribution in [0.3, 0.4) is 0 Å². The van der Waals surface area contributed by atoms with Gasteiger partial charge in [0.1, 0.15) is 10.8 Å². The van der Waals surface area contributed by atoms with Crippen LogP contribution >= 0.6 is 11.6 Å². The van der Waals surface area contributed by atoms with Crippen molar-refractivity contribution in [1.82, 2.24) is 9.38 Å². The van der Waals surface area contributed by atoms with E-state index in [9.17, 15) is 4.79 Å². The Morgan fingerprint density at radius 1 is 1.56 bits per heavy atom. The van der Waals surface area contributed by atoms with Crippen LogP contribution in [0.2, 0.25) is 5.15 Å². The number of imidazole rings is 1. The number of carbonyl (C=O) groups is 1. The number of esters is 1. The first-order valence-corrected chi connectivity index (χ1v) is 6.42. The molecule has 5 heteroatoms. The number of ether oxygens (including phenoxy) is 1. The van der Waals surface area contributed by atoms with Crippen LogP contribution in [-0.2, 0) is 4.74 Å². The first kappa shape index (κ1) is 11.5. The first-order valence-electron chi connectivity index (χ1n) is 6.04. The second-order valence-electron chi connectivity index (χ2n) is 4.46. The van der Waals surface area contributed by atoms with E-state index in [4.69, 9.17) is 16.3 Å². The molecule has 1 fully saturated rings. The summed E-state index contributed by atoms with van der Waals surface area (Å²) in [4.78, 5) is 15.9. The summed E-state index contributed by atoms with van der Waals surface area (Å²) in [5.74, 6) is 0.195. The Hall–Kier alpha value is -1.55. The number of pyridine rings is 1. The highest BCUT2D eigenvalue weighted by Crippen LogP contribution is 2.41. The zero-order chi connectivity index (χ0) is 12.7. The number of carbonyl (C=O) groups excluding carboxylic acids is 1.